The molecule has 4 heteroatoms. The Kier molecular flexibility index (Phi) is 3.83. The quantitative estimate of drug-likeness (QED) is 0.787. The molecule has 0 aromatic heterocycles. The number of carboxylic acid groups (broad SMARTS) is 1. The first-order chi connectivity index (χ1) is 10.7. The van der Waals surface area contributed by atoms with Gasteiger partial charge in [-0.1, -0.05) is 42.5 Å². The van der Waals surface area contributed by atoms with Crippen molar-refractivity contribution in [2.45, 2.75) is 6.42 Å². The summed E-state index contributed by atoms with van der Waals surface area (Å²) in [6, 6.07) is 15.8. The minimum Gasteiger partial charge on any atom is -0.465 e. The fraction of sp³-hybridized carbons (Fsp3) is 0.167. The Morgan fingerprint density at radius 2 is 1.64 bits per heavy atom. The highest BCUT2D eigenvalue weighted by molar-refractivity contribution is 5.87. The smallest absolute Gasteiger partial charge is 0.407 e. The van der Waals surface area contributed by atoms with Crippen LogP contribution in [-0.4, -0.2) is 29.7 Å². The Hall–Kier alpha value is -2.75. The van der Waals surface area contributed by atoms with E-state index in [9.17, 15) is 4.79 Å². The fourth-order valence-electron chi connectivity index (χ4n) is 2.54. The van der Waals surface area contributed by atoms with Crippen molar-refractivity contribution >= 4 is 11.7 Å². The van der Waals surface area contributed by atoms with Gasteiger partial charge in [0, 0.05) is 24.7 Å². The average molecular weight is 295 g/mol. The molecular formula is C18H17NO3. The van der Waals surface area contributed by atoms with Crippen LogP contribution in [0.5, 0.6) is 11.5 Å². The summed E-state index contributed by atoms with van der Waals surface area (Å²) in [4.78, 5) is 12.1. The highest BCUT2D eigenvalue weighted by atomic mass is 16.5. The zero-order valence-corrected chi connectivity index (χ0v) is 12.3. The number of nitrogens with zero attached hydrogens (tertiary/aromatic N) is 1. The molecule has 1 aliphatic rings. The molecule has 0 bridgehead atoms. The average Bonchev–Trinajstić information content (AvgIpc) is 2.53. The molecule has 0 unspecified atom stereocenters. The minimum absolute atomic E-state index is 0.462. The van der Waals surface area contributed by atoms with Crippen LogP contribution in [0.3, 0.4) is 0 Å². The number of hydrogen-bond donors (Lipinski definition) is 1. The molecule has 0 fully saturated rings. The van der Waals surface area contributed by atoms with Crippen LogP contribution in [0.1, 0.15) is 17.5 Å². The van der Waals surface area contributed by atoms with Gasteiger partial charge in [-0.15, -0.1) is 0 Å². The standard InChI is InChI=1S/C18H17NO3/c1-19(18(20)21)12-6-9-13-14-7-2-4-10-16(14)22-17-11-5-3-8-15(13)17/h2-5,7-11H,6,12H2,1H3,(H,20,21). The molecule has 2 aromatic rings. The van der Waals surface area contributed by atoms with Crippen molar-refractivity contribution in [1.29, 1.82) is 0 Å². The molecule has 112 valence electrons. The van der Waals surface area contributed by atoms with Crippen LogP contribution >= 0.6 is 0 Å². The lowest BCUT2D eigenvalue weighted by Gasteiger charge is -2.23. The van der Waals surface area contributed by atoms with Crippen LogP contribution < -0.4 is 4.74 Å². The van der Waals surface area contributed by atoms with Crippen molar-refractivity contribution in [2.24, 2.45) is 0 Å². The van der Waals surface area contributed by atoms with Crippen LogP contribution in [0.4, 0.5) is 4.79 Å². The molecule has 22 heavy (non-hydrogen) atoms. The third-order valence-corrected chi connectivity index (χ3v) is 3.71. The monoisotopic (exact) mass is 295 g/mol. The number of benzene rings is 2. The van der Waals surface area contributed by atoms with Gasteiger partial charge in [-0.2, -0.15) is 0 Å². The van der Waals surface area contributed by atoms with Crippen LogP contribution in [-0.2, 0) is 0 Å². The second-order valence-corrected chi connectivity index (χ2v) is 5.20. The highest BCUT2D eigenvalue weighted by Crippen LogP contribution is 2.43. The summed E-state index contributed by atoms with van der Waals surface area (Å²) in [5.41, 5.74) is 3.18. The maximum Gasteiger partial charge on any atom is 0.407 e. The molecule has 1 heterocycles. The minimum atomic E-state index is -0.911. The van der Waals surface area contributed by atoms with Gasteiger partial charge in [-0.3, -0.25) is 0 Å². The Labute approximate surface area is 129 Å². The van der Waals surface area contributed by atoms with Crippen LogP contribution in [0, 0.1) is 0 Å². The van der Waals surface area contributed by atoms with E-state index in [1.54, 1.807) is 7.05 Å². The molecule has 1 N–H and O–H groups in total. The van der Waals surface area contributed by atoms with Crippen molar-refractivity contribution in [3.05, 3.63) is 65.7 Å². The first-order valence-electron chi connectivity index (χ1n) is 7.17. The molecule has 4 nitrogen and oxygen atoms in total. The van der Waals surface area contributed by atoms with Crippen molar-refractivity contribution in [3.8, 4) is 11.5 Å². The van der Waals surface area contributed by atoms with E-state index in [1.807, 2.05) is 48.5 Å². The van der Waals surface area contributed by atoms with E-state index in [0.717, 1.165) is 28.2 Å². The van der Waals surface area contributed by atoms with E-state index < -0.39 is 6.09 Å². The third kappa shape index (κ3) is 2.68. The zero-order valence-electron chi connectivity index (χ0n) is 12.3. The summed E-state index contributed by atoms with van der Waals surface area (Å²) in [6.07, 6.45) is 1.83. The molecule has 3 rings (SSSR count). The Bertz CT molecular complexity index is 689. The van der Waals surface area contributed by atoms with E-state index >= 15 is 0 Å². The zero-order chi connectivity index (χ0) is 15.5. The van der Waals surface area contributed by atoms with E-state index in [0.29, 0.717) is 13.0 Å². The molecule has 1 aliphatic heterocycles. The molecular weight excluding hydrogens is 278 g/mol. The first kappa shape index (κ1) is 14.2. The van der Waals surface area contributed by atoms with Gasteiger partial charge in [-0.05, 0) is 24.1 Å². The summed E-state index contributed by atoms with van der Waals surface area (Å²) in [6.45, 7) is 0.462. The molecule has 0 saturated heterocycles. The lowest BCUT2D eigenvalue weighted by Crippen LogP contribution is -2.25. The van der Waals surface area contributed by atoms with Gasteiger partial charge < -0.3 is 14.7 Å². The number of amides is 1. The molecule has 0 spiro atoms. The van der Waals surface area contributed by atoms with Gasteiger partial charge in [0.1, 0.15) is 11.5 Å². The van der Waals surface area contributed by atoms with Gasteiger partial charge in [0.15, 0.2) is 0 Å². The summed E-state index contributed by atoms with van der Waals surface area (Å²) >= 11 is 0. The van der Waals surface area contributed by atoms with E-state index in [1.165, 1.54) is 4.90 Å². The molecule has 0 aliphatic carbocycles. The highest BCUT2D eigenvalue weighted by Gasteiger charge is 2.20. The Morgan fingerprint density at radius 1 is 1.09 bits per heavy atom. The predicted octanol–water partition coefficient (Wildman–Crippen LogP) is 4.22. The normalized spacial score (nSPS) is 12.0. The first-order valence-corrected chi connectivity index (χ1v) is 7.17. The van der Waals surface area contributed by atoms with Crippen LogP contribution in [0.25, 0.3) is 5.57 Å². The molecule has 2 aromatic carbocycles. The second-order valence-electron chi connectivity index (χ2n) is 5.20. The summed E-state index contributed by atoms with van der Waals surface area (Å²) in [5, 5.41) is 8.92. The Balaban J connectivity index is 1.94. The maximum absolute atomic E-state index is 10.9. The topological polar surface area (TPSA) is 49.8 Å². The fourth-order valence-corrected chi connectivity index (χ4v) is 2.54. The van der Waals surface area contributed by atoms with Gasteiger partial charge in [0.2, 0.25) is 0 Å². The van der Waals surface area contributed by atoms with Gasteiger partial charge >= 0.3 is 6.09 Å². The SMILES string of the molecule is CN(CCC=C1c2ccccc2Oc2ccccc21)C(=O)O. The number of carbonyl (C=O) groups is 1. The summed E-state index contributed by atoms with van der Waals surface area (Å²) < 4.78 is 5.93. The lowest BCUT2D eigenvalue weighted by molar-refractivity contribution is 0.157. The van der Waals surface area contributed by atoms with Crippen LogP contribution in [0.2, 0.25) is 0 Å². The summed E-state index contributed by atoms with van der Waals surface area (Å²) in [7, 11) is 1.58. The van der Waals surface area contributed by atoms with E-state index in [2.05, 4.69) is 6.08 Å². The number of rotatable bonds is 3. The largest absolute Gasteiger partial charge is 0.465 e. The number of para-hydroxylation sites is 2. The Morgan fingerprint density at radius 3 is 2.18 bits per heavy atom. The van der Waals surface area contributed by atoms with Crippen molar-refractivity contribution < 1.29 is 14.6 Å². The lowest BCUT2D eigenvalue weighted by atomic mass is 9.93. The summed E-state index contributed by atoms with van der Waals surface area (Å²) in [5.74, 6) is 1.66. The van der Waals surface area contributed by atoms with E-state index in [4.69, 9.17) is 9.84 Å². The van der Waals surface area contributed by atoms with Gasteiger partial charge in [0.05, 0.1) is 0 Å². The molecule has 1 amide bonds. The molecule has 0 saturated carbocycles. The van der Waals surface area contributed by atoms with Crippen molar-refractivity contribution in [3.63, 3.8) is 0 Å². The van der Waals surface area contributed by atoms with Crippen molar-refractivity contribution in [2.75, 3.05) is 13.6 Å². The van der Waals surface area contributed by atoms with Crippen molar-refractivity contribution in [1.82, 2.24) is 4.90 Å². The molecule has 0 radical (unpaired) electrons. The maximum atomic E-state index is 10.9. The van der Waals surface area contributed by atoms with E-state index in [-0.39, 0.29) is 0 Å². The number of hydrogen-bond acceptors (Lipinski definition) is 2. The van der Waals surface area contributed by atoms with Crippen LogP contribution in [0.15, 0.2) is 54.6 Å². The second kappa shape index (κ2) is 5.93. The van der Waals surface area contributed by atoms with Gasteiger partial charge in [-0.25, -0.2) is 4.79 Å². The predicted molar refractivity (Wildman–Crippen MR) is 85.3 cm³/mol. The number of fused-ring (bicyclic) bond motifs is 2. The third-order valence-electron chi connectivity index (χ3n) is 3.71. The number of ether oxygens (including phenoxy) is 1. The molecule has 0 atom stereocenters. The van der Waals surface area contributed by atoms with Gasteiger partial charge in [0.25, 0.3) is 0 Å².